The first-order chi connectivity index (χ1) is 15.0. The van der Waals surface area contributed by atoms with E-state index in [0.717, 1.165) is 0 Å². The van der Waals surface area contributed by atoms with Gasteiger partial charge in [-0.05, 0) is 42.8 Å². The van der Waals surface area contributed by atoms with Crippen LogP contribution in [-0.2, 0) is 11.3 Å². The van der Waals surface area contributed by atoms with Crippen LogP contribution in [0.3, 0.4) is 0 Å². The Morgan fingerprint density at radius 2 is 1.68 bits per heavy atom. The number of carbonyl (C=O) groups is 2. The fourth-order valence-electron chi connectivity index (χ4n) is 3.70. The smallest absolute Gasteiger partial charge is 0.408 e. The van der Waals surface area contributed by atoms with Gasteiger partial charge in [-0.1, -0.05) is 23.7 Å². The minimum absolute atomic E-state index is 0.0443. The molecule has 31 heavy (non-hydrogen) atoms. The predicted molar refractivity (Wildman–Crippen MR) is 118 cm³/mol. The number of nitrogens with one attached hydrogen (secondary N) is 1. The Kier molecular flexibility index (Phi) is 6.27. The lowest BCUT2D eigenvalue weighted by Gasteiger charge is -2.22. The molecule has 3 amide bonds. The van der Waals surface area contributed by atoms with E-state index in [1.54, 1.807) is 52.3 Å². The first-order valence-corrected chi connectivity index (χ1v) is 10.6. The molecular formula is C22H23ClN4O4. The SMILES string of the molecule is O=C(CCn1c(=O)oc2ccccc21)N1CCCN(C(=O)Nc2ccc(Cl)cc2)CC1. The molecular weight excluding hydrogens is 420 g/mol. The molecule has 1 fully saturated rings. The number of hydrogen-bond acceptors (Lipinski definition) is 4. The molecule has 0 radical (unpaired) electrons. The van der Waals surface area contributed by atoms with Crippen molar-refractivity contribution in [3.8, 4) is 0 Å². The Bertz CT molecular complexity index is 1140. The molecule has 0 aliphatic carbocycles. The molecule has 9 heteroatoms. The van der Waals surface area contributed by atoms with Crippen molar-refractivity contribution in [2.45, 2.75) is 19.4 Å². The molecule has 1 aliphatic heterocycles. The molecule has 0 atom stereocenters. The number of halogens is 1. The van der Waals surface area contributed by atoms with Gasteiger partial charge in [0.2, 0.25) is 5.91 Å². The quantitative estimate of drug-likeness (QED) is 0.670. The first kappa shape index (κ1) is 21.0. The van der Waals surface area contributed by atoms with Crippen LogP contribution in [0.15, 0.2) is 57.7 Å². The van der Waals surface area contributed by atoms with Gasteiger partial charge in [0, 0.05) is 49.9 Å². The average molecular weight is 443 g/mol. The summed E-state index contributed by atoms with van der Waals surface area (Å²) < 4.78 is 6.70. The number of benzene rings is 2. The Balaban J connectivity index is 1.32. The van der Waals surface area contributed by atoms with Crippen LogP contribution in [0.25, 0.3) is 11.1 Å². The number of amides is 3. The van der Waals surface area contributed by atoms with Crippen LogP contribution < -0.4 is 11.1 Å². The zero-order valence-electron chi connectivity index (χ0n) is 16.9. The van der Waals surface area contributed by atoms with Crippen LogP contribution >= 0.6 is 11.6 Å². The molecule has 2 aromatic carbocycles. The van der Waals surface area contributed by atoms with Gasteiger partial charge in [0.25, 0.3) is 0 Å². The van der Waals surface area contributed by atoms with Gasteiger partial charge in [-0.3, -0.25) is 9.36 Å². The highest BCUT2D eigenvalue weighted by molar-refractivity contribution is 6.30. The van der Waals surface area contributed by atoms with Crippen LogP contribution in [0.4, 0.5) is 10.5 Å². The van der Waals surface area contributed by atoms with Crippen LogP contribution in [0.1, 0.15) is 12.8 Å². The number of para-hydroxylation sites is 2. The van der Waals surface area contributed by atoms with Gasteiger partial charge >= 0.3 is 11.8 Å². The number of rotatable bonds is 4. The number of aryl methyl sites for hydroxylation is 1. The van der Waals surface area contributed by atoms with E-state index in [9.17, 15) is 14.4 Å². The van der Waals surface area contributed by atoms with E-state index in [1.807, 2.05) is 6.07 Å². The third-order valence-electron chi connectivity index (χ3n) is 5.35. The lowest BCUT2D eigenvalue weighted by molar-refractivity contribution is -0.131. The molecule has 2 heterocycles. The Morgan fingerprint density at radius 1 is 0.968 bits per heavy atom. The van der Waals surface area contributed by atoms with Gasteiger partial charge in [0.05, 0.1) is 5.52 Å². The van der Waals surface area contributed by atoms with Crippen LogP contribution in [0.2, 0.25) is 5.02 Å². The van der Waals surface area contributed by atoms with Gasteiger partial charge in [-0.25, -0.2) is 9.59 Å². The van der Waals surface area contributed by atoms with Crippen molar-refractivity contribution < 1.29 is 14.0 Å². The molecule has 4 rings (SSSR count). The van der Waals surface area contributed by atoms with E-state index < -0.39 is 5.76 Å². The number of urea groups is 1. The second-order valence-corrected chi connectivity index (χ2v) is 7.83. The van der Waals surface area contributed by atoms with Gasteiger partial charge < -0.3 is 19.5 Å². The molecule has 0 unspecified atom stereocenters. The Morgan fingerprint density at radius 3 is 2.48 bits per heavy atom. The first-order valence-electron chi connectivity index (χ1n) is 10.2. The van der Waals surface area contributed by atoms with Crippen LogP contribution in [0.5, 0.6) is 0 Å². The summed E-state index contributed by atoms with van der Waals surface area (Å²) in [6, 6.07) is 13.9. The lowest BCUT2D eigenvalue weighted by Crippen LogP contribution is -2.39. The summed E-state index contributed by atoms with van der Waals surface area (Å²) in [7, 11) is 0. The maximum atomic E-state index is 12.7. The van der Waals surface area contributed by atoms with E-state index in [2.05, 4.69) is 5.32 Å². The molecule has 162 valence electrons. The molecule has 1 aliphatic rings. The number of hydrogen-bond donors (Lipinski definition) is 1. The highest BCUT2D eigenvalue weighted by Crippen LogP contribution is 2.15. The Hall–Kier alpha value is -3.26. The monoisotopic (exact) mass is 442 g/mol. The number of nitrogens with zero attached hydrogens (tertiary/aromatic N) is 3. The number of anilines is 1. The van der Waals surface area contributed by atoms with Gasteiger partial charge in [-0.2, -0.15) is 0 Å². The molecule has 1 aromatic heterocycles. The highest BCUT2D eigenvalue weighted by atomic mass is 35.5. The normalized spacial score (nSPS) is 14.5. The maximum absolute atomic E-state index is 12.7. The van der Waals surface area contributed by atoms with Crippen molar-refractivity contribution in [2.24, 2.45) is 0 Å². The summed E-state index contributed by atoms with van der Waals surface area (Å²) in [6.07, 6.45) is 0.884. The number of carbonyl (C=O) groups excluding carboxylic acids is 2. The molecule has 0 spiro atoms. The van der Waals surface area contributed by atoms with Gasteiger partial charge in [-0.15, -0.1) is 0 Å². The summed E-state index contributed by atoms with van der Waals surface area (Å²) >= 11 is 5.88. The van der Waals surface area contributed by atoms with E-state index in [1.165, 1.54) is 4.57 Å². The maximum Gasteiger partial charge on any atom is 0.419 e. The van der Waals surface area contributed by atoms with Crippen molar-refractivity contribution in [3.63, 3.8) is 0 Å². The minimum Gasteiger partial charge on any atom is -0.408 e. The molecule has 0 bridgehead atoms. The van der Waals surface area contributed by atoms with E-state index in [0.29, 0.717) is 54.4 Å². The molecule has 0 saturated carbocycles. The molecule has 8 nitrogen and oxygen atoms in total. The van der Waals surface area contributed by atoms with Crippen LogP contribution in [-0.4, -0.2) is 52.5 Å². The van der Waals surface area contributed by atoms with Gasteiger partial charge in [0.1, 0.15) is 0 Å². The summed E-state index contributed by atoms with van der Waals surface area (Å²) in [4.78, 5) is 40.8. The van der Waals surface area contributed by atoms with Gasteiger partial charge in [0.15, 0.2) is 5.58 Å². The molecule has 1 N–H and O–H groups in total. The third-order valence-corrected chi connectivity index (χ3v) is 5.61. The largest absolute Gasteiger partial charge is 0.419 e. The minimum atomic E-state index is -0.463. The second-order valence-electron chi connectivity index (χ2n) is 7.40. The molecule has 3 aromatic rings. The number of oxazole rings is 1. The van der Waals surface area contributed by atoms with Crippen molar-refractivity contribution in [1.82, 2.24) is 14.4 Å². The van der Waals surface area contributed by atoms with E-state index in [-0.39, 0.29) is 24.9 Å². The lowest BCUT2D eigenvalue weighted by atomic mass is 10.3. The fourth-order valence-corrected chi connectivity index (χ4v) is 3.82. The summed E-state index contributed by atoms with van der Waals surface area (Å²) in [6.45, 7) is 2.29. The zero-order valence-corrected chi connectivity index (χ0v) is 17.7. The second kappa shape index (κ2) is 9.26. The predicted octanol–water partition coefficient (Wildman–Crippen LogP) is 3.40. The van der Waals surface area contributed by atoms with E-state index in [4.69, 9.17) is 16.0 Å². The number of fused-ring (bicyclic) bond motifs is 1. The standard InChI is InChI=1S/C22H23ClN4O4/c23-16-6-8-17(9-7-16)24-21(29)26-12-3-11-25(14-15-26)20(28)10-13-27-18-4-1-2-5-19(18)31-22(27)30/h1-2,4-9H,3,10-15H2,(H,24,29). The topological polar surface area (TPSA) is 87.8 Å². The Labute approximate surface area is 184 Å². The summed E-state index contributed by atoms with van der Waals surface area (Å²) in [5.74, 6) is -0.507. The third kappa shape index (κ3) is 4.91. The van der Waals surface area contributed by atoms with Crippen molar-refractivity contribution in [3.05, 3.63) is 64.1 Å². The highest BCUT2D eigenvalue weighted by Gasteiger charge is 2.22. The summed E-state index contributed by atoms with van der Waals surface area (Å²) in [5.41, 5.74) is 1.86. The summed E-state index contributed by atoms with van der Waals surface area (Å²) in [5, 5.41) is 3.46. The average Bonchev–Trinajstić information content (AvgIpc) is 2.92. The zero-order chi connectivity index (χ0) is 21.8. The van der Waals surface area contributed by atoms with Crippen molar-refractivity contribution >= 4 is 40.3 Å². The van der Waals surface area contributed by atoms with Crippen LogP contribution in [0, 0.1) is 0 Å². The number of aromatic nitrogens is 1. The fraction of sp³-hybridized carbons (Fsp3) is 0.318. The van der Waals surface area contributed by atoms with E-state index >= 15 is 0 Å². The molecule has 1 saturated heterocycles. The van der Waals surface area contributed by atoms with Crippen molar-refractivity contribution in [1.29, 1.82) is 0 Å². The van der Waals surface area contributed by atoms with Crippen molar-refractivity contribution in [2.75, 3.05) is 31.5 Å².